The Labute approximate surface area is 121 Å². The van der Waals surface area contributed by atoms with Crippen LogP contribution in [0.25, 0.3) is 0 Å². The van der Waals surface area contributed by atoms with Crippen molar-refractivity contribution in [3.8, 4) is 0 Å². The molecule has 1 N–H and O–H groups in total. The van der Waals surface area contributed by atoms with E-state index in [-0.39, 0.29) is 23.8 Å². The lowest BCUT2D eigenvalue weighted by Crippen LogP contribution is -2.26. The Balaban J connectivity index is 3.31. The lowest BCUT2D eigenvalue weighted by Gasteiger charge is -2.33. The molecule has 0 aliphatic rings. The number of rotatable bonds is 5. The molecule has 1 rings (SSSR count). The highest BCUT2D eigenvalue weighted by atomic mass is 28.3. The summed E-state index contributed by atoms with van der Waals surface area (Å²) in [4.78, 5) is 10.6. The molecule has 0 spiro atoms. The van der Waals surface area contributed by atoms with E-state index in [0.29, 0.717) is 5.56 Å². The van der Waals surface area contributed by atoms with Crippen LogP contribution in [0, 0.1) is 15.5 Å². The Morgan fingerprint density at radius 3 is 2.35 bits per heavy atom. The van der Waals surface area contributed by atoms with Crippen molar-refractivity contribution in [2.24, 2.45) is 5.41 Å². The number of benzene rings is 1. The summed E-state index contributed by atoms with van der Waals surface area (Å²) in [5.41, 5.74) is 1.13. The third-order valence-corrected chi connectivity index (χ3v) is 3.71. The first-order valence-corrected chi connectivity index (χ1v) is 9.47. The smallest absolute Gasteiger partial charge is 0.270 e. The molecule has 1 aromatic carbocycles. The van der Waals surface area contributed by atoms with E-state index in [1.165, 1.54) is 6.07 Å². The van der Waals surface area contributed by atoms with E-state index in [0.717, 1.165) is 5.56 Å². The number of hydrogen-bond donors (Lipinski definition) is 1. The number of nitro groups is 1. The van der Waals surface area contributed by atoms with Crippen molar-refractivity contribution in [1.29, 1.82) is 0 Å². The molecular weight excluding hydrogens is 274 g/mol. The number of aliphatic hydroxyl groups excluding tert-OH is 1. The molecule has 0 fully saturated rings. The molecule has 1 aromatic rings. The van der Waals surface area contributed by atoms with Gasteiger partial charge in [0.1, 0.15) is 0 Å². The minimum absolute atomic E-state index is 0.00479. The summed E-state index contributed by atoms with van der Waals surface area (Å²) >= 11 is 0. The molecule has 0 saturated carbocycles. The summed E-state index contributed by atoms with van der Waals surface area (Å²) in [5, 5.41) is 20.3. The average Bonchev–Trinajstić information content (AvgIpc) is 2.33. The zero-order chi connectivity index (χ0) is 15.5. The second-order valence-electron chi connectivity index (χ2n) is 6.28. The van der Waals surface area contributed by atoms with E-state index in [2.05, 4.69) is 13.1 Å². The summed E-state index contributed by atoms with van der Waals surface area (Å²) in [6.45, 7) is 10.1. The molecule has 0 aliphatic heterocycles. The van der Waals surface area contributed by atoms with Gasteiger partial charge in [-0.3, -0.25) is 10.1 Å². The number of non-ortho nitro benzene ring substituents is 1. The number of nitro benzene ring substituents is 1. The van der Waals surface area contributed by atoms with Crippen molar-refractivity contribution in [3.63, 3.8) is 0 Å². The number of nitrogens with zero attached hydrogens (tertiary/aromatic N) is 1. The van der Waals surface area contributed by atoms with Gasteiger partial charge in [0.15, 0.2) is 9.04 Å². The van der Waals surface area contributed by atoms with E-state index in [4.69, 9.17) is 4.43 Å². The predicted molar refractivity (Wildman–Crippen MR) is 81.2 cm³/mol. The van der Waals surface area contributed by atoms with Gasteiger partial charge in [-0.25, -0.2) is 0 Å². The van der Waals surface area contributed by atoms with Gasteiger partial charge in [-0.05, 0) is 29.6 Å². The molecule has 0 radical (unpaired) electrons. The van der Waals surface area contributed by atoms with Crippen LogP contribution in [0.4, 0.5) is 5.69 Å². The maximum atomic E-state index is 11.0. The highest BCUT2D eigenvalue weighted by molar-refractivity contribution is 6.48. The fraction of sp³-hybridized carbons (Fsp3) is 0.571. The molecule has 1 unspecified atom stereocenters. The monoisotopic (exact) mass is 297 g/mol. The van der Waals surface area contributed by atoms with Gasteiger partial charge in [-0.15, -0.1) is 0 Å². The lowest BCUT2D eigenvalue weighted by molar-refractivity contribution is -0.385. The molecule has 0 bridgehead atoms. The zero-order valence-electron chi connectivity index (χ0n) is 12.7. The van der Waals surface area contributed by atoms with E-state index in [1.54, 1.807) is 12.1 Å². The van der Waals surface area contributed by atoms with Crippen LogP contribution in [0.15, 0.2) is 18.2 Å². The normalized spacial score (nSPS) is 13.6. The molecule has 6 heteroatoms. The molecule has 0 heterocycles. The van der Waals surface area contributed by atoms with Crippen molar-refractivity contribution >= 4 is 14.7 Å². The molecule has 1 atom stereocenters. The van der Waals surface area contributed by atoms with Crippen molar-refractivity contribution in [2.45, 2.75) is 46.6 Å². The van der Waals surface area contributed by atoms with Crippen LogP contribution in [0.3, 0.4) is 0 Å². The van der Waals surface area contributed by atoms with Crippen molar-refractivity contribution in [1.82, 2.24) is 0 Å². The Kier molecular flexibility index (Phi) is 5.44. The topological polar surface area (TPSA) is 72.6 Å². The fourth-order valence-electron chi connectivity index (χ4n) is 2.10. The highest BCUT2D eigenvalue weighted by Crippen LogP contribution is 2.38. The minimum Gasteiger partial charge on any atom is -0.413 e. The standard InChI is InChI=1S/C14H23NO4Si/c1-14(2,3)13(19-20(4)5)11-6-10(9-16)7-12(8-11)15(17)18/h6-8,13,16,20H,9H2,1-5H3. The third kappa shape index (κ3) is 4.40. The lowest BCUT2D eigenvalue weighted by atomic mass is 9.84. The Morgan fingerprint density at radius 2 is 1.95 bits per heavy atom. The average molecular weight is 297 g/mol. The van der Waals surface area contributed by atoms with Gasteiger partial charge in [0.2, 0.25) is 0 Å². The van der Waals surface area contributed by atoms with Crippen molar-refractivity contribution in [2.75, 3.05) is 0 Å². The first-order valence-electron chi connectivity index (χ1n) is 6.69. The van der Waals surface area contributed by atoms with E-state index in [1.807, 2.05) is 20.8 Å². The maximum Gasteiger partial charge on any atom is 0.270 e. The SMILES string of the molecule is C[SiH](C)OC(c1cc(CO)cc([N+](=O)[O-])c1)C(C)(C)C. The number of aliphatic hydroxyl groups is 1. The Hall–Kier alpha value is -1.24. The van der Waals surface area contributed by atoms with Gasteiger partial charge in [0.25, 0.3) is 5.69 Å². The van der Waals surface area contributed by atoms with Crippen LogP contribution in [0.1, 0.15) is 38.0 Å². The molecule has 20 heavy (non-hydrogen) atoms. The zero-order valence-corrected chi connectivity index (χ0v) is 13.9. The largest absolute Gasteiger partial charge is 0.413 e. The molecule has 0 saturated heterocycles. The van der Waals surface area contributed by atoms with Crippen LogP contribution in [0.2, 0.25) is 13.1 Å². The number of hydrogen-bond acceptors (Lipinski definition) is 4. The second-order valence-corrected chi connectivity index (χ2v) is 8.65. The summed E-state index contributed by atoms with van der Waals surface area (Å²) in [6, 6.07) is 4.74. The van der Waals surface area contributed by atoms with E-state index in [9.17, 15) is 15.2 Å². The molecule has 0 aliphatic carbocycles. The highest BCUT2D eigenvalue weighted by Gasteiger charge is 2.29. The predicted octanol–water partition coefficient (Wildman–Crippen LogP) is 3.17. The summed E-state index contributed by atoms with van der Waals surface area (Å²) < 4.78 is 6.07. The van der Waals surface area contributed by atoms with E-state index < -0.39 is 14.0 Å². The van der Waals surface area contributed by atoms with Crippen LogP contribution in [0.5, 0.6) is 0 Å². The minimum atomic E-state index is -1.30. The van der Waals surface area contributed by atoms with Gasteiger partial charge in [-0.1, -0.05) is 26.8 Å². The van der Waals surface area contributed by atoms with Gasteiger partial charge >= 0.3 is 0 Å². The first-order chi connectivity index (χ1) is 9.15. The molecule has 112 valence electrons. The van der Waals surface area contributed by atoms with E-state index >= 15 is 0 Å². The van der Waals surface area contributed by atoms with Crippen molar-refractivity contribution < 1.29 is 14.5 Å². The van der Waals surface area contributed by atoms with Gasteiger partial charge < -0.3 is 9.53 Å². The summed E-state index contributed by atoms with van der Waals surface area (Å²) in [5.74, 6) is 0. The first kappa shape index (κ1) is 16.8. The molecular formula is C14H23NO4Si. The van der Waals surface area contributed by atoms with Gasteiger partial charge in [0, 0.05) is 12.1 Å². The molecule has 5 nitrogen and oxygen atoms in total. The second kappa shape index (κ2) is 6.47. The van der Waals surface area contributed by atoms with Crippen LogP contribution >= 0.6 is 0 Å². The third-order valence-electron chi connectivity index (χ3n) is 2.89. The molecule has 0 amide bonds. The van der Waals surface area contributed by atoms with Crippen LogP contribution in [-0.2, 0) is 11.0 Å². The Bertz CT molecular complexity index is 483. The van der Waals surface area contributed by atoms with Crippen LogP contribution in [-0.4, -0.2) is 19.1 Å². The van der Waals surface area contributed by atoms with Gasteiger partial charge in [-0.2, -0.15) is 0 Å². The van der Waals surface area contributed by atoms with Crippen LogP contribution < -0.4 is 0 Å². The fourth-order valence-corrected chi connectivity index (χ4v) is 3.21. The molecule has 0 aromatic heterocycles. The summed E-state index contributed by atoms with van der Waals surface area (Å²) in [7, 11) is -1.30. The maximum absolute atomic E-state index is 11.0. The van der Waals surface area contributed by atoms with Gasteiger partial charge in [0.05, 0.1) is 17.6 Å². The Morgan fingerprint density at radius 1 is 1.35 bits per heavy atom. The van der Waals surface area contributed by atoms with Crippen molar-refractivity contribution in [3.05, 3.63) is 39.4 Å². The summed E-state index contributed by atoms with van der Waals surface area (Å²) in [6.07, 6.45) is -0.209. The quantitative estimate of drug-likeness (QED) is 0.514.